The summed E-state index contributed by atoms with van der Waals surface area (Å²) >= 11 is 0. The highest BCUT2D eigenvalue weighted by atomic mass is 16.1. The van der Waals surface area contributed by atoms with Crippen molar-refractivity contribution >= 4 is 23.0 Å². The first-order valence-corrected chi connectivity index (χ1v) is 9.23. The molecule has 0 saturated heterocycles. The molecule has 0 radical (unpaired) electrons. The number of aryl methyl sites for hydroxylation is 2. The van der Waals surface area contributed by atoms with Crippen LogP contribution in [0.1, 0.15) is 31.2 Å². The van der Waals surface area contributed by atoms with Gasteiger partial charge in [0.2, 0.25) is 5.91 Å². The average molecular weight is 347 g/mol. The zero-order valence-corrected chi connectivity index (χ0v) is 15.2. The average Bonchev–Trinajstić information content (AvgIpc) is 3.02. The molecule has 3 rings (SSSR count). The Bertz CT molecular complexity index is 881. The SMILES string of the molecule is CCCn1c(CCCNC(=O)/C=C/c2ccccc2)nc2ccccc21. The lowest BCUT2D eigenvalue weighted by atomic mass is 10.2. The van der Waals surface area contributed by atoms with E-state index in [4.69, 9.17) is 4.98 Å². The van der Waals surface area contributed by atoms with Crippen LogP contribution >= 0.6 is 0 Å². The summed E-state index contributed by atoms with van der Waals surface area (Å²) in [7, 11) is 0. The van der Waals surface area contributed by atoms with Crippen molar-refractivity contribution in [3.8, 4) is 0 Å². The van der Waals surface area contributed by atoms with Crippen LogP contribution in [0.3, 0.4) is 0 Å². The summed E-state index contributed by atoms with van der Waals surface area (Å²) < 4.78 is 2.30. The zero-order chi connectivity index (χ0) is 18.2. The lowest BCUT2D eigenvalue weighted by Gasteiger charge is -2.08. The maximum atomic E-state index is 11.9. The Morgan fingerprint density at radius 3 is 2.69 bits per heavy atom. The van der Waals surface area contributed by atoms with Gasteiger partial charge in [0.25, 0.3) is 0 Å². The molecule has 1 N–H and O–H groups in total. The Morgan fingerprint density at radius 2 is 1.88 bits per heavy atom. The molecule has 0 bridgehead atoms. The number of aromatic nitrogens is 2. The summed E-state index contributed by atoms with van der Waals surface area (Å²) in [6, 6.07) is 18.1. The topological polar surface area (TPSA) is 46.9 Å². The van der Waals surface area contributed by atoms with Gasteiger partial charge in [-0.3, -0.25) is 4.79 Å². The van der Waals surface area contributed by atoms with E-state index in [1.54, 1.807) is 6.08 Å². The van der Waals surface area contributed by atoms with E-state index in [1.165, 1.54) is 5.52 Å². The molecule has 2 aromatic carbocycles. The van der Waals surface area contributed by atoms with Gasteiger partial charge in [-0.05, 0) is 36.6 Å². The van der Waals surface area contributed by atoms with Crippen molar-refractivity contribution in [2.24, 2.45) is 0 Å². The second-order valence-corrected chi connectivity index (χ2v) is 6.31. The summed E-state index contributed by atoms with van der Waals surface area (Å²) in [5.41, 5.74) is 3.26. The number of nitrogens with zero attached hydrogens (tertiary/aromatic N) is 2. The predicted octanol–water partition coefficient (Wildman–Crippen LogP) is 4.21. The Hall–Kier alpha value is -2.88. The number of hydrogen-bond donors (Lipinski definition) is 1. The van der Waals surface area contributed by atoms with Crippen LogP contribution in [0.2, 0.25) is 0 Å². The maximum Gasteiger partial charge on any atom is 0.243 e. The number of benzene rings is 2. The second kappa shape index (κ2) is 8.99. The lowest BCUT2D eigenvalue weighted by molar-refractivity contribution is -0.116. The van der Waals surface area contributed by atoms with Gasteiger partial charge in [-0.15, -0.1) is 0 Å². The van der Waals surface area contributed by atoms with E-state index in [0.717, 1.165) is 42.7 Å². The Kier molecular flexibility index (Phi) is 6.20. The number of imidazole rings is 1. The van der Waals surface area contributed by atoms with Crippen LogP contribution in [-0.2, 0) is 17.8 Å². The summed E-state index contributed by atoms with van der Waals surface area (Å²) in [6.45, 7) is 3.80. The van der Waals surface area contributed by atoms with Gasteiger partial charge in [0.1, 0.15) is 5.82 Å². The third-order valence-corrected chi connectivity index (χ3v) is 4.28. The number of hydrogen-bond acceptors (Lipinski definition) is 2. The lowest BCUT2D eigenvalue weighted by Crippen LogP contribution is -2.22. The van der Waals surface area contributed by atoms with Gasteiger partial charge in [0, 0.05) is 25.6 Å². The van der Waals surface area contributed by atoms with E-state index < -0.39 is 0 Å². The molecule has 1 aromatic heterocycles. The Balaban J connectivity index is 1.52. The van der Waals surface area contributed by atoms with Crippen LogP contribution in [0.5, 0.6) is 0 Å². The molecule has 0 saturated carbocycles. The molecule has 0 aliphatic rings. The molecular weight excluding hydrogens is 322 g/mol. The molecule has 134 valence electrons. The molecule has 0 unspecified atom stereocenters. The molecule has 0 spiro atoms. The number of amides is 1. The minimum atomic E-state index is -0.0593. The van der Waals surface area contributed by atoms with E-state index in [-0.39, 0.29) is 5.91 Å². The summed E-state index contributed by atoms with van der Waals surface area (Å²) in [5.74, 6) is 1.04. The summed E-state index contributed by atoms with van der Waals surface area (Å²) in [4.78, 5) is 16.7. The minimum absolute atomic E-state index is 0.0593. The molecule has 4 heteroatoms. The molecule has 1 amide bonds. The van der Waals surface area contributed by atoms with Crippen LogP contribution in [0.15, 0.2) is 60.7 Å². The molecule has 0 fully saturated rings. The number of carbonyl (C=O) groups is 1. The smallest absolute Gasteiger partial charge is 0.243 e. The van der Waals surface area contributed by atoms with Crippen molar-refractivity contribution in [2.45, 2.75) is 32.7 Å². The van der Waals surface area contributed by atoms with Gasteiger partial charge in [0.05, 0.1) is 11.0 Å². The third-order valence-electron chi connectivity index (χ3n) is 4.28. The van der Waals surface area contributed by atoms with Crippen LogP contribution in [0.4, 0.5) is 0 Å². The fourth-order valence-corrected chi connectivity index (χ4v) is 3.04. The largest absolute Gasteiger partial charge is 0.353 e. The summed E-state index contributed by atoms with van der Waals surface area (Å²) in [5, 5.41) is 2.95. The highest BCUT2D eigenvalue weighted by Gasteiger charge is 2.09. The van der Waals surface area contributed by atoms with Crippen LogP contribution in [0, 0.1) is 0 Å². The molecule has 0 atom stereocenters. The number of nitrogens with one attached hydrogen (secondary N) is 1. The summed E-state index contributed by atoms with van der Waals surface area (Å²) in [6.07, 6.45) is 6.22. The molecule has 0 aliphatic carbocycles. The van der Waals surface area contributed by atoms with Gasteiger partial charge < -0.3 is 9.88 Å². The van der Waals surface area contributed by atoms with Crippen molar-refractivity contribution < 1.29 is 4.79 Å². The number of para-hydroxylation sites is 2. The van der Waals surface area contributed by atoms with Gasteiger partial charge in [-0.25, -0.2) is 4.98 Å². The highest BCUT2D eigenvalue weighted by molar-refractivity contribution is 5.91. The minimum Gasteiger partial charge on any atom is -0.353 e. The van der Waals surface area contributed by atoms with Gasteiger partial charge in [-0.2, -0.15) is 0 Å². The molecule has 3 aromatic rings. The van der Waals surface area contributed by atoms with Gasteiger partial charge in [0.15, 0.2) is 0 Å². The van der Waals surface area contributed by atoms with E-state index in [2.05, 4.69) is 35.0 Å². The van der Waals surface area contributed by atoms with Gasteiger partial charge in [-0.1, -0.05) is 49.4 Å². The van der Waals surface area contributed by atoms with E-state index in [1.807, 2.05) is 42.5 Å². The number of carbonyl (C=O) groups excluding carboxylic acids is 1. The fraction of sp³-hybridized carbons (Fsp3) is 0.273. The van der Waals surface area contributed by atoms with Crippen molar-refractivity contribution in [3.05, 3.63) is 72.1 Å². The third kappa shape index (κ3) is 4.60. The first-order chi connectivity index (χ1) is 12.8. The van der Waals surface area contributed by atoms with E-state index in [0.29, 0.717) is 6.54 Å². The monoisotopic (exact) mass is 347 g/mol. The van der Waals surface area contributed by atoms with Gasteiger partial charge >= 0.3 is 0 Å². The predicted molar refractivity (Wildman–Crippen MR) is 107 cm³/mol. The maximum absolute atomic E-state index is 11.9. The molecule has 4 nitrogen and oxygen atoms in total. The fourth-order valence-electron chi connectivity index (χ4n) is 3.04. The van der Waals surface area contributed by atoms with Crippen molar-refractivity contribution in [1.82, 2.24) is 14.9 Å². The highest BCUT2D eigenvalue weighted by Crippen LogP contribution is 2.17. The van der Waals surface area contributed by atoms with Crippen LogP contribution in [0.25, 0.3) is 17.1 Å². The molecule has 26 heavy (non-hydrogen) atoms. The molecule has 1 heterocycles. The second-order valence-electron chi connectivity index (χ2n) is 6.31. The molecular formula is C22H25N3O. The quantitative estimate of drug-likeness (QED) is 0.490. The van der Waals surface area contributed by atoms with Crippen molar-refractivity contribution in [1.29, 1.82) is 0 Å². The van der Waals surface area contributed by atoms with E-state index >= 15 is 0 Å². The van der Waals surface area contributed by atoms with Crippen LogP contribution in [-0.4, -0.2) is 22.0 Å². The van der Waals surface area contributed by atoms with Crippen LogP contribution < -0.4 is 5.32 Å². The standard InChI is InChI=1S/C22H25N3O/c1-2-17-25-20-12-7-6-11-19(20)24-21(25)13-8-16-23-22(26)15-14-18-9-4-3-5-10-18/h3-7,9-12,14-15H,2,8,13,16-17H2,1H3,(H,23,26)/b15-14+. The zero-order valence-electron chi connectivity index (χ0n) is 15.2. The number of fused-ring (bicyclic) bond motifs is 1. The first-order valence-electron chi connectivity index (χ1n) is 9.23. The van der Waals surface area contributed by atoms with E-state index in [9.17, 15) is 4.79 Å². The normalized spacial score (nSPS) is 11.3. The molecule has 0 aliphatic heterocycles. The first kappa shape index (κ1) is 17.9. The van der Waals surface area contributed by atoms with Crippen molar-refractivity contribution in [2.75, 3.05) is 6.54 Å². The number of rotatable bonds is 8. The Labute approximate surface area is 154 Å². The Morgan fingerprint density at radius 1 is 1.12 bits per heavy atom. The van der Waals surface area contributed by atoms with Crippen molar-refractivity contribution in [3.63, 3.8) is 0 Å².